The Bertz CT molecular complexity index is 1040. The van der Waals surface area contributed by atoms with E-state index >= 15 is 0 Å². The van der Waals surface area contributed by atoms with Crippen molar-refractivity contribution < 1.29 is 14.3 Å². The second kappa shape index (κ2) is 9.93. The molecule has 3 aromatic rings. The van der Waals surface area contributed by atoms with Crippen LogP contribution in [-0.4, -0.2) is 28.3 Å². The quantitative estimate of drug-likeness (QED) is 0.227. The van der Waals surface area contributed by atoms with Crippen LogP contribution in [-0.2, 0) is 22.4 Å². The lowest BCUT2D eigenvalue weighted by Crippen LogP contribution is -2.17. The predicted molar refractivity (Wildman–Crippen MR) is 119 cm³/mol. The minimum atomic E-state index is -0.852. The van der Waals surface area contributed by atoms with Gasteiger partial charge in [0.2, 0.25) is 0 Å². The second-order valence-corrected chi connectivity index (χ2v) is 7.21. The van der Waals surface area contributed by atoms with Crippen molar-refractivity contribution in [3.05, 3.63) is 70.6 Å². The van der Waals surface area contributed by atoms with Gasteiger partial charge in [-0.25, -0.2) is 14.8 Å². The third kappa shape index (κ3) is 4.80. The normalized spacial score (nSPS) is 10.5. The summed E-state index contributed by atoms with van der Waals surface area (Å²) < 4.78 is 4.77. The van der Waals surface area contributed by atoms with Crippen molar-refractivity contribution in [2.45, 2.75) is 26.7 Å². The fourth-order valence-electron chi connectivity index (χ4n) is 2.96. The first-order chi connectivity index (χ1) is 14.6. The first kappa shape index (κ1) is 21.4. The first-order valence-corrected chi connectivity index (χ1v) is 10.6. The van der Waals surface area contributed by atoms with Gasteiger partial charge in [-0.1, -0.05) is 13.0 Å². The number of ketones is 1. The molecule has 6 nitrogen and oxygen atoms in total. The molecular weight excluding hydrogens is 398 g/mol. The van der Waals surface area contributed by atoms with E-state index in [0.29, 0.717) is 18.1 Å². The molecule has 0 bridgehead atoms. The van der Waals surface area contributed by atoms with Crippen molar-refractivity contribution in [1.82, 2.24) is 9.97 Å². The van der Waals surface area contributed by atoms with E-state index in [2.05, 4.69) is 18.8 Å². The minimum absolute atomic E-state index is 0.163. The Morgan fingerprint density at radius 3 is 2.53 bits per heavy atom. The molecule has 0 saturated heterocycles. The minimum Gasteiger partial charge on any atom is -0.460 e. The van der Waals surface area contributed by atoms with Gasteiger partial charge in [0, 0.05) is 33.5 Å². The summed E-state index contributed by atoms with van der Waals surface area (Å²) in [6.07, 6.45) is 3.23. The van der Waals surface area contributed by atoms with Crippen LogP contribution in [0.25, 0.3) is 11.4 Å². The van der Waals surface area contributed by atoms with Gasteiger partial charge in [0.25, 0.3) is 5.78 Å². The summed E-state index contributed by atoms with van der Waals surface area (Å²) in [7, 11) is 0. The predicted octanol–water partition coefficient (Wildman–Crippen LogP) is 4.99. The topological polar surface area (TPSA) is 81.2 Å². The molecule has 0 amide bonds. The molecule has 0 spiro atoms. The number of carbonyl (C=O) groups is 2. The lowest BCUT2D eigenvalue weighted by Gasteiger charge is -2.15. The lowest BCUT2D eigenvalue weighted by atomic mass is 10.1. The van der Waals surface area contributed by atoms with Crippen molar-refractivity contribution in [1.29, 1.82) is 0 Å². The van der Waals surface area contributed by atoms with Crippen LogP contribution in [0.3, 0.4) is 0 Å². The van der Waals surface area contributed by atoms with Gasteiger partial charge in [0.15, 0.2) is 5.82 Å². The molecule has 7 heteroatoms. The maximum Gasteiger partial charge on any atom is 0.379 e. The van der Waals surface area contributed by atoms with Gasteiger partial charge in [0.05, 0.1) is 6.61 Å². The van der Waals surface area contributed by atoms with Gasteiger partial charge < -0.3 is 10.1 Å². The number of nitrogens with zero attached hydrogens (tertiary/aromatic N) is 2. The van der Waals surface area contributed by atoms with Crippen molar-refractivity contribution in [3.8, 4) is 11.4 Å². The van der Waals surface area contributed by atoms with E-state index in [1.807, 2.05) is 22.9 Å². The van der Waals surface area contributed by atoms with Crippen LogP contribution in [0.4, 0.5) is 11.5 Å². The Morgan fingerprint density at radius 1 is 1.17 bits per heavy atom. The number of ether oxygens (including phenoxy) is 1. The number of benzene rings is 1. The summed E-state index contributed by atoms with van der Waals surface area (Å²) in [5.41, 5.74) is 3.94. The highest BCUT2D eigenvalue weighted by Gasteiger charge is 2.18. The van der Waals surface area contributed by atoms with Gasteiger partial charge >= 0.3 is 5.97 Å². The van der Waals surface area contributed by atoms with Crippen LogP contribution in [0.1, 0.15) is 35.5 Å². The fraction of sp³-hybridized carbons (Fsp3) is 0.217. The molecule has 1 N–H and O–H groups in total. The number of carbonyl (C=O) groups excluding carboxylic acids is 2. The number of anilines is 2. The summed E-state index contributed by atoms with van der Waals surface area (Å²) in [5, 5.41) is 7.34. The van der Waals surface area contributed by atoms with E-state index in [9.17, 15) is 9.59 Å². The van der Waals surface area contributed by atoms with Crippen LogP contribution in [0, 0.1) is 0 Å². The fourth-order valence-corrected chi connectivity index (χ4v) is 3.60. The number of hydrogen-bond donors (Lipinski definition) is 1. The highest BCUT2D eigenvalue weighted by atomic mass is 32.1. The lowest BCUT2D eigenvalue weighted by molar-refractivity contribution is -0.137. The van der Waals surface area contributed by atoms with Gasteiger partial charge in [0.1, 0.15) is 5.82 Å². The maximum absolute atomic E-state index is 12.1. The average molecular weight is 422 g/mol. The van der Waals surface area contributed by atoms with Crippen LogP contribution in [0.15, 0.2) is 53.7 Å². The number of hydrogen-bond acceptors (Lipinski definition) is 7. The van der Waals surface area contributed by atoms with Crippen LogP contribution in [0.5, 0.6) is 0 Å². The molecule has 0 saturated carbocycles. The standard InChI is InChI=1S/C23H23N3O3S/c1-4-7-18-19(5-2)25-21(16-12-13-30-14-16)26-22(18)24-17-10-8-15(9-11-17)20(27)23(28)29-6-3/h4,8-14H,1,5-7H2,2-3H3,(H,24,25,26). The molecule has 0 aliphatic rings. The third-order valence-corrected chi connectivity index (χ3v) is 5.11. The molecule has 154 valence electrons. The Hall–Kier alpha value is -3.32. The van der Waals surface area contributed by atoms with Crippen LogP contribution >= 0.6 is 11.3 Å². The van der Waals surface area contributed by atoms with Crippen molar-refractivity contribution in [2.75, 3.05) is 11.9 Å². The number of rotatable bonds is 9. The molecule has 3 rings (SSSR count). The summed E-state index contributed by atoms with van der Waals surface area (Å²) in [6, 6.07) is 8.66. The molecule has 0 atom stereocenters. The molecule has 30 heavy (non-hydrogen) atoms. The molecule has 1 aromatic carbocycles. The number of esters is 1. The van der Waals surface area contributed by atoms with Crippen molar-refractivity contribution in [2.24, 2.45) is 0 Å². The second-order valence-electron chi connectivity index (χ2n) is 6.43. The molecule has 0 fully saturated rings. The Balaban J connectivity index is 1.93. The number of nitrogens with one attached hydrogen (secondary N) is 1. The largest absolute Gasteiger partial charge is 0.460 e. The van der Waals surface area contributed by atoms with E-state index in [0.717, 1.165) is 28.9 Å². The number of Topliss-reactive ketones (excluding diaryl/α,β-unsaturated/α-hetero) is 1. The maximum atomic E-state index is 12.1. The zero-order chi connectivity index (χ0) is 21.5. The van der Waals surface area contributed by atoms with E-state index in [1.165, 1.54) is 0 Å². The number of aromatic nitrogens is 2. The van der Waals surface area contributed by atoms with E-state index in [1.54, 1.807) is 42.5 Å². The smallest absolute Gasteiger partial charge is 0.379 e. The monoisotopic (exact) mass is 421 g/mol. The van der Waals surface area contributed by atoms with Crippen molar-refractivity contribution >= 4 is 34.6 Å². The number of allylic oxidation sites excluding steroid dienone is 1. The Morgan fingerprint density at radius 2 is 1.93 bits per heavy atom. The zero-order valence-corrected chi connectivity index (χ0v) is 17.8. The molecule has 0 aliphatic heterocycles. The van der Waals surface area contributed by atoms with E-state index < -0.39 is 11.8 Å². The number of thiophene rings is 1. The van der Waals surface area contributed by atoms with E-state index in [4.69, 9.17) is 14.7 Å². The van der Waals surface area contributed by atoms with Gasteiger partial charge in [-0.15, -0.1) is 6.58 Å². The summed E-state index contributed by atoms with van der Waals surface area (Å²) in [6.45, 7) is 7.74. The zero-order valence-electron chi connectivity index (χ0n) is 17.0. The first-order valence-electron chi connectivity index (χ1n) is 9.69. The molecule has 0 aliphatic carbocycles. The van der Waals surface area contributed by atoms with E-state index in [-0.39, 0.29) is 12.2 Å². The van der Waals surface area contributed by atoms with Gasteiger partial charge in [-0.3, -0.25) is 4.79 Å². The molecule has 2 aromatic heterocycles. The molecule has 0 radical (unpaired) electrons. The van der Waals surface area contributed by atoms with Gasteiger partial charge in [-0.05, 0) is 55.5 Å². The highest BCUT2D eigenvalue weighted by Crippen LogP contribution is 2.27. The Kier molecular flexibility index (Phi) is 7.08. The van der Waals surface area contributed by atoms with Crippen LogP contribution < -0.4 is 5.32 Å². The molecule has 2 heterocycles. The molecular formula is C23H23N3O3S. The van der Waals surface area contributed by atoms with Crippen LogP contribution in [0.2, 0.25) is 0 Å². The van der Waals surface area contributed by atoms with Crippen molar-refractivity contribution in [3.63, 3.8) is 0 Å². The summed E-state index contributed by atoms with van der Waals surface area (Å²) in [4.78, 5) is 33.2. The SMILES string of the molecule is C=CCc1c(CC)nc(-c2ccsc2)nc1Nc1ccc(C(=O)C(=O)OCC)cc1. The summed E-state index contributed by atoms with van der Waals surface area (Å²) >= 11 is 1.60. The summed E-state index contributed by atoms with van der Waals surface area (Å²) in [5.74, 6) is -0.147. The average Bonchev–Trinajstić information content (AvgIpc) is 3.30. The third-order valence-electron chi connectivity index (χ3n) is 4.43. The highest BCUT2D eigenvalue weighted by molar-refractivity contribution is 7.08. The van der Waals surface area contributed by atoms with Gasteiger partial charge in [-0.2, -0.15) is 11.3 Å². The molecule has 0 unspecified atom stereocenters. The number of aryl methyl sites for hydroxylation is 1. The Labute approximate surface area is 179 Å².